The average molecular weight is 464 g/mol. The van der Waals surface area contributed by atoms with Crippen molar-refractivity contribution in [2.75, 3.05) is 23.3 Å². The van der Waals surface area contributed by atoms with E-state index in [4.69, 9.17) is 22.2 Å². The number of fused-ring (bicyclic) bond motifs is 2. The molecule has 5 rings (SSSR count). The van der Waals surface area contributed by atoms with Gasteiger partial charge in [0.2, 0.25) is 5.95 Å². The van der Waals surface area contributed by atoms with E-state index in [9.17, 15) is 9.90 Å². The zero-order valence-corrected chi connectivity index (χ0v) is 19.1. The number of benzene rings is 1. The lowest BCUT2D eigenvalue weighted by molar-refractivity contribution is -0.142. The number of anilines is 2. The van der Waals surface area contributed by atoms with Crippen molar-refractivity contribution < 1.29 is 9.90 Å². The van der Waals surface area contributed by atoms with Crippen molar-refractivity contribution in [3.63, 3.8) is 0 Å². The summed E-state index contributed by atoms with van der Waals surface area (Å²) in [4.78, 5) is 30.5. The molecule has 33 heavy (non-hydrogen) atoms. The fraction of sp³-hybridized carbons (Fsp3) is 0.348. The number of hydrogen-bond acceptors (Lipinski definition) is 7. The molecular formula is C23H25N7O2S. The molecule has 1 saturated heterocycles. The Hall–Kier alpha value is -3.53. The first-order valence-corrected chi connectivity index (χ1v) is 11.5. The number of aromatic amines is 1. The molecule has 3 N–H and O–H groups in total. The average Bonchev–Trinajstić information content (AvgIpc) is 3.15. The lowest BCUT2D eigenvalue weighted by Gasteiger charge is -2.30. The van der Waals surface area contributed by atoms with Gasteiger partial charge in [0, 0.05) is 44.0 Å². The van der Waals surface area contributed by atoms with Crippen molar-refractivity contribution >= 4 is 51.9 Å². The van der Waals surface area contributed by atoms with Crippen molar-refractivity contribution in [3.05, 3.63) is 47.0 Å². The number of hydrogen-bond donors (Lipinski definition) is 3. The van der Waals surface area contributed by atoms with Crippen molar-refractivity contribution in [3.8, 4) is 0 Å². The third kappa shape index (κ3) is 4.13. The van der Waals surface area contributed by atoms with Gasteiger partial charge in [-0.15, -0.1) is 0 Å². The number of carbonyl (C=O) groups is 1. The van der Waals surface area contributed by atoms with E-state index in [0.29, 0.717) is 43.2 Å². The van der Waals surface area contributed by atoms with Crippen LogP contribution in [0.2, 0.25) is 0 Å². The van der Waals surface area contributed by atoms with Crippen LogP contribution < -0.4 is 10.2 Å². The minimum absolute atomic E-state index is 0.306. The van der Waals surface area contributed by atoms with Gasteiger partial charge in [-0.3, -0.25) is 9.78 Å². The lowest BCUT2D eigenvalue weighted by Crippen LogP contribution is -2.37. The number of nitrogens with one attached hydrogen (secondary N) is 2. The van der Waals surface area contributed by atoms with E-state index >= 15 is 0 Å². The molecule has 0 radical (unpaired) electrons. The minimum Gasteiger partial charge on any atom is -0.481 e. The van der Waals surface area contributed by atoms with Gasteiger partial charge >= 0.3 is 5.97 Å². The van der Waals surface area contributed by atoms with E-state index in [2.05, 4.69) is 27.1 Å². The first-order valence-electron chi connectivity index (χ1n) is 11.1. The first kappa shape index (κ1) is 21.3. The molecule has 4 aromatic rings. The molecular weight excluding hydrogens is 438 g/mol. The molecule has 0 spiro atoms. The van der Waals surface area contributed by atoms with E-state index < -0.39 is 5.97 Å². The molecule has 0 aliphatic carbocycles. The fourth-order valence-corrected chi connectivity index (χ4v) is 4.71. The SMILES string of the molecule is CCn1c(=S)[nH]c2cc3c(NCc4ccncc4)nc(N4CCC(C(=O)O)CC4)nc3cc21. The van der Waals surface area contributed by atoms with Crippen LogP contribution in [0, 0.1) is 10.7 Å². The Bertz CT molecular complexity index is 1370. The normalized spacial score (nSPS) is 14.8. The van der Waals surface area contributed by atoms with E-state index in [1.807, 2.05) is 28.8 Å². The molecule has 9 nitrogen and oxygen atoms in total. The fourth-order valence-electron chi connectivity index (χ4n) is 4.37. The van der Waals surface area contributed by atoms with Crippen LogP contribution in [-0.4, -0.2) is 48.7 Å². The van der Waals surface area contributed by atoms with Crippen LogP contribution in [0.5, 0.6) is 0 Å². The number of carboxylic acid groups (broad SMARTS) is 1. The topological polar surface area (TPSA) is 112 Å². The zero-order valence-electron chi connectivity index (χ0n) is 18.3. The quantitative estimate of drug-likeness (QED) is 0.368. The van der Waals surface area contributed by atoms with Crippen LogP contribution in [0.3, 0.4) is 0 Å². The van der Waals surface area contributed by atoms with Crippen LogP contribution in [-0.2, 0) is 17.9 Å². The largest absolute Gasteiger partial charge is 0.481 e. The highest BCUT2D eigenvalue weighted by Gasteiger charge is 2.26. The number of piperidine rings is 1. The van der Waals surface area contributed by atoms with Crippen LogP contribution in [0.15, 0.2) is 36.7 Å². The number of nitrogens with zero attached hydrogens (tertiary/aromatic N) is 5. The summed E-state index contributed by atoms with van der Waals surface area (Å²) < 4.78 is 2.73. The third-order valence-electron chi connectivity index (χ3n) is 6.23. The van der Waals surface area contributed by atoms with Gasteiger partial charge in [0.25, 0.3) is 0 Å². The molecule has 0 atom stereocenters. The Morgan fingerprint density at radius 2 is 2.00 bits per heavy atom. The Kier molecular flexibility index (Phi) is 5.67. The maximum Gasteiger partial charge on any atom is 0.306 e. The Morgan fingerprint density at radius 1 is 1.24 bits per heavy atom. The van der Waals surface area contributed by atoms with Crippen LogP contribution in [0.25, 0.3) is 21.9 Å². The first-order chi connectivity index (χ1) is 16.0. The second-order valence-electron chi connectivity index (χ2n) is 8.24. The van der Waals surface area contributed by atoms with Crippen molar-refractivity contribution in [1.29, 1.82) is 0 Å². The summed E-state index contributed by atoms with van der Waals surface area (Å²) in [6.45, 7) is 4.65. The van der Waals surface area contributed by atoms with Crippen LogP contribution in [0.1, 0.15) is 25.3 Å². The summed E-state index contributed by atoms with van der Waals surface area (Å²) in [5.41, 5.74) is 3.86. The van der Waals surface area contributed by atoms with Gasteiger partial charge in [0.1, 0.15) is 5.82 Å². The molecule has 0 saturated carbocycles. The minimum atomic E-state index is -0.729. The van der Waals surface area contributed by atoms with Gasteiger partial charge in [-0.1, -0.05) is 0 Å². The number of aromatic nitrogens is 5. The van der Waals surface area contributed by atoms with E-state index in [-0.39, 0.29) is 5.92 Å². The standard InChI is InChI=1S/C23H25N7O2S/c1-2-30-19-12-17-16(11-18(19)27-23(30)33)20(25-13-14-3-7-24-8-4-14)28-22(26-17)29-9-5-15(6-10-29)21(31)32/h3-4,7-8,11-12,15H,2,5-6,9-10,13H2,1H3,(H,27,33)(H,31,32)(H,25,26,28). The van der Waals surface area contributed by atoms with Gasteiger partial charge in [-0.25, -0.2) is 4.98 Å². The van der Waals surface area contributed by atoms with Crippen molar-refractivity contribution in [2.24, 2.45) is 5.92 Å². The van der Waals surface area contributed by atoms with Gasteiger partial charge < -0.3 is 24.9 Å². The second kappa shape index (κ2) is 8.78. The van der Waals surface area contributed by atoms with E-state index in [1.54, 1.807) is 12.4 Å². The number of pyridine rings is 1. The maximum atomic E-state index is 11.4. The third-order valence-corrected chi connectivity index (χ3v) is 6.55. The van der Waals surface area contributed by atoms with Crippen molar-refractivity contribution in [2.45, 2.75) is 32.9 Å². The van der Waals surface area contributed by atoms with Crippen LogP contribution in [0.4, 0.5) is 11.8 Å². The molecule has 0 unspecified atom stereocenters. The molecule has 0 amide bonds. The van der Waals surface area contributed by atoms with Crippen LogP contribution >= 0.6 is 12.2 Å². The predicted molar refractivity (Wildman–Crippen MR) is 130 cm³/mol. The van der Waals surface area contributed by atoms with Gasteiger partial charge in [-0.05, 0) is 61.8 Å². The smallest absolute Gasteiger partial charge is 0.306 e. The summed E-state index contributed by atoms with van der Waals surface area (Å²) >= 11 is 5.49. The number of H-pyrrole nitrogens is 1. The number of rotatable bonds is 6. The maximum absolute atomic E-state index is 11.4. The predicted octanol–water partition coefficient (Wildman–Crippen LogP) is 3.97. The molecule has 3 aromatic heterocycles. The molecule has 1 fully saturated rings. The number of aryl methyl sites for hydroxylation is 1. The Morgan fingerprint density at radius 3 is 2.70 bits per heavy atom. The summed E-state index contributed by atoms with van der Waals surface area (Å²) in [6, 6.07) is 8.02. The van der Waals surface area contributed by atoms with E-state index in [1.165, 1.54) is 0 Å². The molecule has 1 aliphatic rings. The van der Waals surface area contributed by atoms with Gasteiger partial charge in [0.05, 0.1) is 22.5 Å². The summed E-state index contributed by atoms with van der Waals surface area (Å²) in [6.07, 6.45) is 4.71. The van der Waals surface area contributed by atoms with E-state index in [0.717, 1.165) is 39.9 Å². The molecule has 0 bridgehead atoms. The number of imidazole rings is 1. The Balaban J connectivity index is 1.57. The highest BCUT2D eigenvalue weighted by Crippen LogP contribution is 2.30. The monoisotopic (exact) mass is 463 g/mol. The molecule has 1 aromatic carbocycles. The summed E-state index contributed by atoms with van der Waals surface area (Å²) in [7, 11) is 0. The number of aliphatic carboxylic acids is 1. The molecule has 1 aliphatic heterocycles. The Labute approximate surface area is 195 Å². The van der Waals surface area contributed by atoms with Gasteiger partial charge in [0.15, 0.2) is 4.77 Å². The number of carboxylic acids is 1. The van der Waals surface area contributed by atoms with Crippen molar-refractivity contribution in [1.82, 2.24) is 24.5 Å². The lowest BCUT2D eigenvalue weighted by atomic mass is 9.97. The second-order valence-corrected chi connectivity index (χ2v) is 8.63. The highest BCUT2D eigenvalue weighted by atomic mass is 32.1. The summed E-state index contributed by atoms with van der Waals surface area (Å²) in [5.74, 6) is 0.310. The molecule has 10 heteroatoms. The van der Waals surface area contributed by atoms with Gasteiger partial charge in [-0.2, -0.15) is 4.98 Å². The highest BCUT2D eigenvalue weighted by molar-refractivity contribution is 7.71. The molecule has 170 valence electrons. The molecule has 4 heterocycles. The summed E-state index contributed by atoms with van der Waals surface area (Å²) in [5, 5.41) is 13.7. The zero-order chi connectivity index (χ0) is 22.9.